The first-order valence-corrected chi connectivity index (χ1v) is 5.01. The van der Waals surface area contributed by atoms with Gasteiger partial charge in [0.15, 0.2) is 0 Å². The van der Waals surface area contributed by atoms with Crippen LogP contribution in [0.15, 0.2) is 0 Å². The van der Waals surface area contributed by atoms with Gasteiger partial charge < -0.3 is 0 Å². The molecule has 1 aliphatic rings. The maximum absolute atomic E-state index is 2.38. The summed E-state index contributed by atoms with van der Waals surface area (Å²) in [5.41, 5.74) is 0.638. The molecule has 0 aromatic heterocycles. The first-order valence-electron chi connectivity index (χ1n) is 5.01. The van der Waals surface area contributed by atoms with E-state index in [4.69, 9.17) is 0 Å². The highest BCUT2D eigenvalue weighted by Crippen LogP contribution is 2.44. The molecule has 0 aromatic rings. The van der Waals surface area contributed by atoms with Crippen molar-refractivity contribution >= 4 is 0 Å². The van der Waals surface area contributed by atoms with E-state index in [0.717, 1.165) is 11.8 Å². The zero-order valence-corrected chi connectivity index (χ0v) is 9.07. The van der Waals surface area contributed by atoms with Gasteiger partial charge in [-0.2, -0.15) is 0 Å². The predicted molar refractivity (Wildman–Crippen MR) is 52.7 cm³/mol. The zero-order valence-electron chi connectivity index (χ0n) is 9.07. The molecule has 1 fully saturated rings. The topological polar surface area (TPSA) is 0 Å². The number of rotatable bonds is 0. The molecule has 2 atom stereocenters. The minimum absolute atomic E-state index is 0.638. The van der Waals surface area contributed by atoms with Gasteiger partial charge in [0.2, 0.25) is 0 Å². The molecule has 68 valence electrons. The van der Waals surface area contributed by atoms with Gasteiger partial charge in [-0.15, -0.1) is 0 Å². The van der Waals surface area contributed by atoms with Gasteiger partial charge in [0.05, 0.1) is 0 Å². The van der Waals surface area contributed by atoms with Crippen LogP contribution in [0, 0.1) is 17.3 Å². The Labute approximate surface area is 72.4 Å². The van der Waals surface area contributed by atoms with E-state index in [-0.39, 0.29) is 0 Å². The molecule has 0 heterocycles. The Balaban J connectivity index is 0.000000461. The van der Waals surface area contributed by atoms with E-state index < -0.39 is 0 Å². The maximum atomic E-state index is 2.38. The predicted octanol–water partition coefficient (Wildman–Crippen LogP) is 4.10. The second-order valence-electron chi connectivity index (χ2n) is 4.53. The van der Waals surface area contributed by atoms with E-state index in [1.807, 2.05) is 13.8 Å². The smallest absolute Gasteiger partial charge is 0.0349 e. The summed E-state index contributed by atoms with van der Waals surface area (Å²) < 4.78 is 0. The van der Waals surface area contributed by atoms with Gasteiger partial charge in [-0.3, -0.25) is 0 Å². The Bertz CT molecular complexity index is 90.6. The van der Waals surface area contributed by atoms with Gasteiger partial charge in [0.25, 0.3) is 0 Å². The molecule has 1 aliphatic carbocycles. The summed E-state index contributed by atoms with van der Waals surface area (Å²) in [4.78, 5) is 0. The van der Waals surface area contributed by atoms with Crippen molar-refractivity contribution in [1.82, 2.24) is 0 Å². The lowest BCUT2D eigenvalue weighted by Crippen LogP contribution is -2.03. The molecule has 0 spiro atoms. The van der Waals surface area contributed by atoms with Crippen molar-refractivity contribution in [3.63, 3.8) is 0 Å². The largest absolute Gasteiger partial charge is 0.0683 e. The van der Waals surface area contributed by atoms with E-state index >= 15 is 0 Å². The normalized spacial score (nSPS) is 34.4. The molecule has 1 saturated carbocycles. The fraction of sp³-hybridized carbons (Fsp3) is 1.00. The maximum Gasteiger partial charge on any atom is -0.0349 e. The molecule has 0 aliphatic heterocycles. The average molecular weight is 156 g/mol. The molecular weight excluding hydrogens is 132 g/mol. The quantitative estimate of drug-likeness (QED) is 0.495. The average Bonchev–Trinajstić information content (AvgIpc) is 2.10. The van der Waals surface area contributed by atoms with Crippen molar-refractivity contribution in [2.24, 2.45) is 17.3 Å². The monoisotopic (exact) mass is 156 g/mol. The zero-order chi connectivity index (χ0) is 9.07. The van der Waals surface area contributed by atoms with Gasteiger partial charge in [0, 0.05) is 0 Å². The van der Waals surface area contributed by atoms with E-state index in [2.05, 4.69) is 27.7 Å². The van der Waals surface area contributed by atoms with Gasteiger partial charge in [-0.25, -0.2) is 0 Å². The van der Waals surface area contributed by atoms with Gasteiger partial charge in [0.1, 0.15) is 0 Å². The highest BCUT2D eigenvalue weighted by atomic mass is 14.4. The molecule has 0 nitrogen and oxygen atoms in total. The molecule has 0 radical (unpaired) electrons. The molecule has 0 bridgehead atoms. The fourth-order valence-corrected chi connectivity index (χ4v) is 2.23. The van der Waals surface area contributed by atoms with Crippen LogP contribution in [0.2, 0.25) is 0 Å². The SMILES string of the molecule is CC.CC1CC(C)(C)CC1C. The Morgan fingerprint density at radius 1 is 0.909 bits per heavy atom. The van der Waals surface area contributed by atoms with Crippen LogP contribution in [0.5, 0.6) is 0 Å². The molecule has 2 unspecified atom stereocenters. The summed E-state index contributed by atoms with van der Waals surface area (Å²) in [5, 5.41) is 0. The van der Waals surface area contributed by atoms with E-state index in [0.29, 0.717) is 5.41 Å². The van der Waals surface area contributed by atoms with E-state index in [1.165, 1.54) is 12.8 Å². The molecule has 1 rings (SSSR count). The lowest BCUT2D eigenvalue weighted by Gasteiger charge is -2.15. The first-order chi connectivity index (χ1) is 5.01. The molecule has 0 heteroatoms. The standard InChI is InChI=1S/C9H18.C2H6/c1-7-5-9(3,4)6-8(7)2;1-2/h7-8H,5-6H2,1-4H3;1-2H3. The van der Waals surface area contributed by atoms with Crippen molar-refractivity contribution in [2.45, 2.75) is 54.4 Å². The van der Waals surface area contributed by atoms with E-state index in [1.54, 1.807) is 0 Å². The van der Waals surface area contributed by atoms with Crippen molar-refractivity contribution in [2.75, 3.05) is 0 Å². The second kappa shape index (κ2) is 4.13. The molecule has 0 aromatic carbocycles. The van der Waals surface area contributed by atoms with Crippen LogP contribution in [-0.2, 0) is 0 Å². The summed E-state index contributed by atoms with van der Waals surface area (Å²) in [6.07, 6.45) is 2.85. The lowest BCUT2D eigenvalue weighted by molar-refractivity contribution is 0.363. The minimum atomic E-state index is 0.638. The van der Waals surface area contributed by atoms with Crippen molar-refractivity contribution < 1.29 is 0 Å². The van der Waals surface area contributed by atoms with Gasteiger partial charge in [-0.05, 0) is 30.1 Å². The molecule has 0 saturated heterocycles. The van der Waals surface area contributed by atoms with Crippen LogP contribution in [0.3, 0.4) is 0 Å². The first kappa shape index (κ1) is 11.0. The van der Waals surface area contributed by atoms with Crippen molar-refractivity contribution in [3.8, 4) is 0 Å². The summed E-state index contributed by atoms with van der Waals surface area (Å²) in [6.45, 7) is 13.5. The van der Waals surface area contributed by atoms with Gasteiger partial charge in [-0.1, -0.05) is 41.5 Å². The lowest BCUT2D eigenvalue weighted by atomic mass is 9.91. The Morgan fingerprint density at radius 3 is 1.27 bits per heavy atom. The Morgan fingerprint density at radius 2 is 1.18 bits per heavy atom. The summed E-state index contributed by atoms with van der Waals surface area (Å²) in [5.74, 6) is 1.92. The number of hydrogen-bond donors (Lipinski definition) is 0. The third-order valence-electron chi connectivity index (χ3n) is 2.72. The molecule has 0 N–H and O–H groups in total. The van der Waals surface area contributed by atoms with Crippen molar-refractivity contribution in [3.05, 3.63) is 0 Å². The fourth-order valence-electron chi connectivity index (χ4n) is 2.23. The molecule has 0 amide bonds. The van der Waals surface area contributed by atoms with Crippen LogP contribution < -0.4 is 0 Å². The van der Waals surface area contributed by atoms with Crippen LogP contribution >= 0.6 is 0 Å². The number of hydrogen-bond acceptors (Lipinski definition) is 0. The third kappa shape index (κ3) is 3.27. The van der Waals surface area contributed by atoms with E-state index in [9.17, 15) is 0 Å². The summed E-state index contributed by atoms with van der Waals surface area (Å²) >= 11 is 0. The molecular formula is C11H24. The highest BCUT2D eigenvalue weighted by Gasteiger charge is 2.33. The summed E-state index contributed by atoms with van der Waals surface area (Å²) in [7, 11) is 0. The Hall–Kier alpha value is 0. The minimum Gasteiger partial charge on any atom is -0.0683 e. The third-order valence-corrected chi connectivity index (χ3v) is 2.72. The van der Waals surface area contributed by atoms with Crippen LogP contribution in [0.1, 0.15) is 54.4 Å². The van der Waals surface area contributed by atoms with Crippen LogP contribution in [-0.4, -0.2) is 0 Å². The van der Waals surface area contributed by atoms with Crippen molar-refractivity contribution in [1.29, 1.82) is 0 Å². The highest BCUT2D eigenvalue weighted by molar-refractivity contribution is 4.84. The van der Waals surface area contributed by atoms with Gasteiger partial charge >= 0.3 is 0 Å². The second-order valence-corrected chi connectivity index (χ2v) is 4.53. The Kier molecular flexibility index (Phi) is 4.13. The molecule has 11 heavy (non-hydrogen) atoms. The summed E-state index contributed by atoms with van der Waals surface area (Å²) in [6, 6.07) is 0. The van der Waals surface area contributed by atoms with Crippen LogP contribution in [0.25, 0.3) is 0 Å². The van der Waals surface area contributed by atoms with Crippen LogP contribution in [0.4, 0.5) is 0 Å².